The molecule has 0 heterocycles. The molecule has 0 radical (unpaired) electrons. The summed E-state index contributed by atoms with van der Waals surface area (Å²) in [7, 11) is 0. The molecule has 3 N–H and O–H groups in total. The SMILES string of the molecule is CCOc1ccc(O[C@H](C)C(=O)NNC(=S)Nc2ccc([N+](=O)[O-])cc2)cc1. The molecule has 28 heavy (non-hydrogen) atoms. The molecule has 10 heteroatoms. The van der Waals surface area contributed by atoms with Crippen LogP contribution in [0.3, 0.4) is 0 Å². The lowest BCUT2D eigenvalue weighted by Crippen LogP contribution is -2.48. The lowest BCUT2D eigenvalue weighted by atomic mass is 10.3. The van der Waals surface area contributed by atoms with Gasteiger partial charge >= 0.3 is 0 Å². The molecular weight excluding hydrogens is 384 g/mol. The van der Waals surface area contributed by atoms with E-state index in [1.54, 1.807) is 31.2 Å². The van der Waals surface area contributed by atoms with Crippen LogP contribution in [-0.2, 0) is 4.79 Å². The van der Waals surface area contributed by atoms with E-state index in [9.17, 15) is 14.9 Å². The summed E-state index contributed by atoms with van der Waals surface area (Å²) in [5.74, 6) is 0.815. The first-order chi connectivity index (χ1) is 13.4. The third kappa shape index (κ3) is 6.40. The van der Waals surface area contributed by atoms with Gasteiger partial charge in [-0.15, -0.1) is 0 Å². The second kappa shape index (κ2) is 10.1. The molecule has 0 aromatic heterocycles. The van der Waals surface area contributed by atoms with E-state index in [0.717, 1.165) is 5.75 Å². The number of rotatable bonds is 7. The minimum Gasteiger partial charge on any atom is -0.494 e. The normalized spacial score (nSPS) is 11.1. The van der Waals surface area contributed by atoms with Crippen LogP contribution in [0.4, 0.5) is 11.4 Å². The van der Waals surface area contributed by atoms with Crippen molar-refractivity contribution in [1.29, 1.82) is 0 Å². The molecule has 0 unspecified atom stereocenters. The van der Waals surface area contributed by atoms with E-state index in [1.807, 2.05) is 6.92 Å². The molecule has 9 nitrogen and oxygen atoms in total. The highest BCUT2D eigenvalue weighted by Gasteiger charge is 2.15. The van der Waals surface area contributed by atoms with Gasteiger partial charge in [0, 0.05) is 17.8 Å². The molecule has 0 aliphatic rings. The van der Waals surface area contributed by atoms with E-state index in [2.05, 4.69) is 16.2 Å². The average molecular weight is 404 g/mol. The lowest BCUT2D eigenvalue weighted by molar-refractivity contribution is -0.384. The Morgan fingerprint density at radius 2 is 1.71 bits per heavy atom. The molecule has 0 saturated carbocycles. The van der Waals surface area contributed by atoms with Crippen LogP contribution in [-0.4, -0.2) is 28.7 Å². The Labute approximate surface area is 167 Å². The van der Waals surface area contributed by atoms with Crippen LogP contribution >= 0.6 is 12.2 Å². The summed E-state index contributed by atoms with van der Waals surface area (Å²) < 4.78 is 10.9. The lowest BCUT2D eigenvalue weighted by Gasteiger charge is -2.16. The van der Waals surface area contributed by atoms with Crippen molar-refractivity contribution in [3.63, 3.8) is 0 Å². The monoisotopic (exact) mass is 404 g/mol. The van der Waals surface area contributed by atoms with Gasteiger partial charge in [-0.25, -0.2) is 0 Å². The van der Waals surface area contributed by atoms with Gasteiger partial charge in [-0.3, -0.25) is 25.8 Å². The summed E-state index contributed by atoms with van der Waals surface area (Å²) in [5.41, 5.74) is 5.49. The fourth-order valence-electron chi connectivity index (χ4n) is 2.09. The number of amides is 1. The van der Waals surface area contributed by atoms with E-state index in [4.69, 9.17) is 21.7 Å². The van der Waals surface area contributed by atoms with Crippen LogP contribution in [0.1, 0.15) is 13.8 Å². The maximum Gasteiger partial charge on any atom is 0.279 e. The molecule has 0 saturated heterocycles. The molecule has 2 aromatic carbocycles. The Balaban J connectivity index is 1.78. The average Bonchev–Trinajstić information content (AvgIpc) is 2.68. The number of nitrogens with one attached hydrogen (secondary N) is 3. The molecule has 1 amide bonds. The zero-order valence-electron chi connectivity index (χ0n) is 15.3. The minimum absolute atomic E-state index is 0.0296. The Bertz CT molecular complexity index is 827. The van der Waals surface area contributed by atoms with Crippen molar-refractivity contribution in [3.05, 3.63) is 58.6 Å². The molecule has 148 valence electrons. The zero-order valence-corrected chi connectivity index (χ0v) is 16.1. The number of nitro benzene ring substituents is 1. The fraction of sp³-hybridized carbons (Fsp3) is 0.222. The molecular formula is C18H20N4O5S. The van der Waals surface area contributed by atoms with Gasteiger partial charge in [0.25, 0.3) is 11.6 Å². The van der Waals surface area contributed by atoms with Crippen molar-refractivity contribution >= 4 is 34.6 Å². The maximum atomic E-state index is 12.1. The van der Waals surface area contributed by atoms with E-state index in [0.29, 0.717) is 18.0 Å². The molecule has 2 aromatic rings. The van der Waals surface area contributed by atoms with Crippen molar-refractivity contribution in [2.45, 2.75) is 20.0 Å². The smallest absolute Gasteiger partial charge is 0.279 e. The number of hydrogen-bond donors (Lipinski definition) is 3. The third-order valence-corrected chi connectivity index (χ3v) is 3.66. The first kappa shape index (κ1) is 20.9. The highest BCUT2D eigenvalue weighted by Crippen LogP contribution is 2.18. The number of carbonyl (C=O) groups excluding carboxylic acids is 1. The van der Waals surface area contributed by atoms with Crippen LogP contribution in [0.15, 0.2) is 48.5 Å². The molecule has 0 bridgehead atoms. The van der Waals surface area contributed by atoms with Crippen molar-refractivity contribution < 1.29 is 19.2 Å². The molecule has 0 fully saturated rings. The Morgan fingerprint density at radius 1 is 1.11 bits per heavy atom. The number of nitro groups is 1. The predicted molar refractivity (Wildman–Crippen MR) is 108 cm³/mol. The van der Waals surface area contributed by atoms with E-state index < -0.39 is 16.9 Å². The number of thiocarbonyl (C=S) groups is 1. The van der Waals surface area contributed by atoms with Crippen molar-refractivity contribution in [3.8, 4) is 11.5 Å². The Hall–Kier alpha value is -3.40. The van der Waals surface area contributed by atoms with Gasteiger partial charge in [-0.2, -0.15) is 0 Å². The summed E-state index contributed by atoms with van der Waals surface area (Å²) in [6.45, 7) is 4.06. The third-order valence-electron chi connectivity index (χ3n) is 3.45. The number of nitrogens with zero attached hydrogens (tertiary/aromatic N) is 1. The largest absolute Gasteiger partial charge is 0.494 e. The van der Waals surface area contributed by atoms with Gasteiger partial charge in [0.15, 0.2) is 11.2 Å². The molecule has 1 atom stereocenters. The van der Waals surface area contributed by atoms with Crippen molar-refractivity contribution in [1.82, 2.24) is 10.9 Å². The van der Waals surface area contributed by atoms with E-state index >= 15 is 0 Å². The summed E-state index contributed by atoms with van der Waals surface area (Å²) in [5, 5.41) is 13.6. The van der Waals surface area contributed by atoms with Gasteiger partial charge in [0.05, 0.1) is 11.5 Å². The summed E-state index contributed by atoms with van der Waals surface area (Å²) in [6.07, 6.45) is -0.771. The number of carbonyl (C=O) groups is 1. The van der Waals surface area contributed by atoms with E-state index in [-0.39, 0.29) is 10.8 Å². The Kier molecular flexibility index (Phi) is 7.52. The highest BCUT2D eigenvalue weighted by atomic mass is 32.1. The fourth-order valence-corrected chi connectivity index (χ4v) is 2.26. The van der Waals surface area contributed by atoms with Crippen LogP contribution < -0.4 is 25.6 Å². The molecule has 2 rings (SSSR count). The molecule has 0 aliphatic heterocycles. The second-order valence-corrected chi connectivity index (χ2v) is 5.95. The van der Waals surface area contributed by atoms with Gasteiger partial charge in [0.1, 0.15) is 11.5 Å². The quantitative estimate of drug-likeness (QED) is 0.367. The highest BCUT2D eigenvalue weighted by molar-refractivity contribution is 7.80. The van der Waals surface area contributed by atoms with Gasteiger partial charge < -0.3 is 14.8 Å². The van der Waals surface area contributed by atoms with Crippen LogP contribution in [0.2, 0.25) is 0 Å². The van der Waals surface area contributed by atoms with Crippen LogP contribution in [0.25, 0.3) is 0 Å². The van der Waals surface area contributed by atoms with Crippen molar-refractivity contribution in [2.75, 3.05) is 11.9 Å². The van der Waals surface area contributed by atoms with Gasteiger partial charge in [-0.05, 0) is 62.5 Å². The number of benzene rings is 2. The first-order valence-corrected chi connectivity index (χ1v) is 8.80. The van der Waals surface area contributed by atoms with Crippen LogP contribution in [0, 0.1) is 10.1 Å². The summed E-state index contributed by atoms with van der Waals surface area (Å²) in [4.78, 5) is 22.2. The Morgan fingerprint density at radius 3 is 2.29 bits per heavy atom. The number of hydrogen-bond acceptors (Lipinski definition) is 6. The minimum atomic E-state index is -0.771. The second-order valence-electron chi connectivity index (χ2n) is 5.54. The molecule has 0 spiro atoms. The predicted octanol–water partition coefficient (Wildman–Crippen LogP) is 2.78. The zero-order chi connectivity index (χ0) is 20.5. The summed E-state index contributed by atoms with van der Waals surface area (Å²) in [6, 6.07) is 12.6. The maximum absolute atomic E-state index is 12.1. The van der Waals surface area contributed by atoms with Gasteiger partial charge in [0.2, 0.25) is 0 Å². The summed E-state index contributed by atoms with van der Waals surface area (Å²) >= 11 is 5.07. The standard InChI is InChI=1S/C18H20N4O5S/c1-3-26-15-8-10-16(11-9-15)27-12(2)17(23)20-21-18(28)19-13-4-6-14(7-5-13)22(24)25/h4-12H,3H2,1-2H3,(H,20,23)(H2,19,21,28)/t12-/m1/s1. The first-order valence-electron chi connectivity index (χ1n) is 8.40. The number of hydrazine groups is 1. The number of ether oxygens (including phenoxy) is 2. The topological polar surface area (TPSA) is 115 Å². The number of non-ortho nitro benzene ring substituents is 1. The number of anilines is 1. The van der Waals surface area contributed by atoms with Gasteiger partial charge in [-0.1, -0.05) is 0 Å². The molecule has 0 aliphatic carbocycles. The van der Waals surface area contributed by atoms with Crippen molar-refractivity contribution in [2.24, 2.45) is 0 Å². The van der Waals surface area contributed by atoms with Crippen LogP contribution in [0.5, 0.6) is 11.5 Å². The van der Waals surface area contributed by atoms with E-state index in [1.165, 1.54) is 24.3 Å².